The second-order valence-corrected chi connectivity index (χ2v) is 12.1. The number of carbonyl (C=O) groups is 1. The number of benzene rings is 1. The number of nitrogens with zero attached hydrogens (tertiary/aromatic N) is 7. The van der Waals surface area contributed by atoms with E-state index in [1.165, 1.54) is 17.0 Å². The Morgan fingerprint density at radius 1 is 1.23 bits per heavy atom. The third-order valence-corrected chi connectivity index (χ3v) is 8.65. The molecule has 2 aliphatic heterocycles. The van der Waals surface area contributed by atoms with Crippen LogP contribution in [-0.2, 0) is 27.1 Å². The zero-order valence-electron chi connectivity index (χ0n) is 26.5. The van der Waals surface area contributed by atoms with Crippen molar-refractivity contribution in [1.29, 1.82) is 0 Å². The van der Waals surface area contributed by atoms with E-state index in [0.717, 1.165) is 12.0 Å². The molecule has 0 aliphatic carbocycles. The Kier molecular flexibility index (Phi) is 9.55. The minimum Gasteiger partial charge on any atom is -0.449 e. The Morgan fingerprint density at radius 3 is 2.65 bits per heavy atom. The highest BCUT2D eigenvalue weighted by atomic mass is 19.4. The summed E-state index contributed by atoms with van der Waals surface area (Å²) in [4.78, 5) is 30.1. The number of alkyl halides is 3. The van der Waals surface area contributed by atoms with Gasteiger partial charge in [0.05, 0.1) is 24.7 Å². The molecule has 2 saturated heterocycles. The number of esters is 1. The number of imidazole rings is 1. The summed E-state index contributed by atoms with van der Waals surface area (Å²) in [7, 11) is 3.98. The summed E-state index contributed by atoms with van der Waals surface area (Å²) in [6.45, 7) is 2.86. The quantitative estimate of drug-likeness (QED) is 0.199. The van der Waals surface area contributed by atoms with Crippen LogP contribution in [0.15, 0.2) is 47.2 Å². The van der Waals surface area contributed by atoms with E-state index < -0.39 is 42.7 Å². The molecule has 0 bridgehead atoms. The van der Waals surface area contributed by atoms with Crippen LogP contribution in [0.1, 0.15) is 42.7 Å². The van der Waals surface area contributed by atoms with E-state index in [-0.39, 0.29) is 29.6 Å². The molecule has 6 atom stereocenters. The number of hydrogen-bond donors (Lipinski definition) is 3. The van der Waals surface area contributed by atoms with Gasteiger partial charge in [0.15, 0.2) is 41.2 Å². The summed E-state index contributed by atoms with van der Waals surface area (Å²) in [5.74, 6) is -1.85. The standard InChI is InChI=1S/C31H37F3N8O6/c1-4-18-13-21(48-39-18)24-25(47-29(45)31(32,33)34)23(44)28(46-24)42-16-35-22-26(36-19(15-43)12-17-8-6-5-7-9-17)37-30(38-27(22)42)41-11-10-20(14-41)40(2)3/h5-9,13,16,19-20,23-25,28,43-44H,4,10-12,14-15H2,1-3H3,(H,36,37,38)/t19-,20+,23+,24+,25-,28+/m0/s1. The second-order valence-electron chi connectivity index (χ2n) is 12.1. The first-order valence-electron chi connectivity index (χ1n) is 15.6. The Morgan fingerprint density at radius 2 is 2.00 bits per heavy atom. The first kappa shape index (κ1) is 33.6. The molecule has 14 nitrogen and oxygen atoms in total. The van der Waals surface area contributed by atoms with Gasteiger partial charge in [0, 0.05) is 25.2 Å². The smallest absolute Gasteiger partial charge is 0.449 e. The summed E-state index contributed by atoms with van der Waals surface area (Å²) in [6.07, 6.45) is -8.62. The van der Waals surface area contributed by atoms with Crippen LogP contribution in [0.2, 0.25) is 0 Å². The summed E-state index contributed by atoms with van der Waals surface area (Å²) in [5.41, 5.74) is 1.94. The van der Waals surface area contributed by atoms with E-state index in [1.54, 1.807) is 6.92 Å². The molecule has 3 aromatic heterocycles. The van der Waals surface area contributed by atoms with E-state index in [2.05, 4.69) is 20.4 Å². The minimum absolute atomic E-state index is 0.0195. The number of aliphatic hydroxyl groups is 2. The molecule has 3 N–H and O–H groups in total. The van der Waals surface area contributed by atoms with Crippen LogP contribution < -0.4 is 10.2 Å². The monoisotopic (exact) mass is 674 g/mol. The maximum atomic E-state index is 13.3. The van der Waals surface area contributed by atoms with Crippen molar-refractivity contribution in [2.45, 2.75) is 69.0 Å². The summed E-state index contributed by atoms with van der Waals surface area (Å²) >= 11 is 0. The molecule has 0 unspecified atom stereocenters. The molecule has 5 heterocycles. The molecule has 258 valence electrons. The van der Waals surface area contributed by atoms with Crippen LogP contribution in [-0.4, -0.2) is 110 Å². The molecule has 1 aromatic carbocycles. The number of halogens is 3. The predicted molar refractivity (Wildman–Crippen MR) is 165 cm³/mol. The number of aromatic nitrogens is 5. The third-order valence-electron chi connectivity index (χ3n) is 8.65. The Balaban J connectivity index is 1.39. The average Bonchev–Trinajstić information content (AvgIpc) is 3.87. The molecule has 0 saturated carbocycles. The highest BCUT2D eigenvalue weighted by Gasteiger charge is 2.53. The largest absolute Gasteiger partial charge is 0.490 e. The number of rotatable bonds is 11. The van der Waals surface area contributed by atoms with Crippen molar-refractivity contribution >= 4 is 28.9 Å². The van der Waals surface area contributed by atoms with Crippen LogP contribution in [0.4, 0.5) is 24.9 Å². The lowest BCUT2D eigenvalue weighted by molar-refractivity contribution is -0.210. The highest BCUT2D eigenvalue weighted by Crippen LogP contribution is 2.43. The normalized spacial score (nSPS) is 23.7. The predicted octanol–water partition coefficient (Wildman–Crippen LogP) is 2.64. The van der Waals surface area contributed by atoms with Gasteiger partial charge in [-0.3, -0.25) is 4.57 Å². The van der Waals surface area contributed by atoms with E-state index in [0.29, 0.717) is 43.4 Å². The molecular weight excluding hydrogens is 637 g/mol. The molecular formula is C31H37F3N8O6. The fraction of sp³-hybridized carbons (Fsp3) is 0.516. The molecule has 6 rings (SSSR count). The lowest BCUT2D eigenvalue weighted by Gasteiger charge is -2.23. The molecule has 48 heavy (non-hydrogen) atoms. The number of ether oxygens (including phenoxy) is 2. The van der Waals surface area contributed by atoms with Gasteiger partial charge in [-0.1, -0.05) is 42.4 Å². The molecule has 2 aliphatic rings. The number of hydrogen-bond acceptors (Lipinski definition) is 13. The van der Waals surface area contributed by atoms with Gasteiger partial charge >= 0.3 is 12.1 Å². The zero-order chi connectivity index (χ0) is 34.2. The van der Waals surface area contributed by atoms with Gasteiger partial charge in [-0.15, -0.1) is 0 Å². The van der Waals surface area contributed by atoms with Crippen LogP contribution in [0.5, 0.6) is 0 Å². The lowest BCUT2D eigenvalue weighted by Crippen LogP contribution is -2.38. The van der Waals surface area contributed by atoms with Crippen molar-refractivity contribution in [3.63, 3.8) is 0 Å². The molecule has 4 aromatic rings. The Hall–Kier alpha value is -4.32. The van der Waals surface area contributed by atoms with E-state index in [9.17, 15) is 28.2 Å². The fourth-order valence-corrected chi connectivity index (χ4v) is 5.99. The van der Waals surface area contributed by atoms with Crippen molar-refractivity contribution in [2.75, 3.05) is 44.0 Å². The van der Waals surface area contributed by atoms with Crippen LogP contribution in [0.25, 0.3) is 11.2 Å². The SMILES string of the molecule is CCc1cc([C@H]2O[C@@H](n3cnc4c(N[C@H](CO)Cc5ccccc5)nc(N5CC[C@@H](N(C)C)C5)nc43)[C@H](O)[C@@H]2OC(=O)C(F)(F)F)on1. The van der Waals surface area contributed by atoms with Crippen LogP contribution in [0.3, 0.4) is 0 Å². The lowest BCUT2D eigenvalue weighted by atomic mass is 10.1. The summed E-state index contributed by atoms with van der Waals surface area (Å²) in [5, 5.41) is 28.9. The molecule has 0 amide bonds. The topological polar surface area (TPSA) is 164 Å². The second kappa shape index (κ2) is 13.7. The number of aliphatic hydroxyl groups excluding tert-OH is 2. The Labute approximate surface area is 273 Å². The van der Waals surface area contributed by atoms with E-state index >= 15 is 0 Å². The molecule has 0 radical (unpaired) electrons. The molecule has 2 fully saturated rings. The van der Waals surface area contributed by atoms with E-state index in [4.69, 9.17) is 24.0 Å². The van der Waals surface area contributed by atoms with Crippen molar-refractivity contribution in [3.05, 3.63) is 59.7 Å². The number of likely N-dealkylation sites (N-methyl/N-ethyl adjacent to an activating group) is 1. The maximum absolute atomic E-state index is 13.3. The first-order chi connectivity index (χ1) is 23.0. The third kappa shape index (κ3) is 6.80. The van der Waals surface area contributed by atoms with Crippen molar-refractivity contribution in [2.24, 2.45) is 0 Å². The maximum Gasteiger partial charge on any atom is 0.490 e. The van der Waals surface area contributed by atoms with Crippen molar-refractivity contribution in [3.8, 4) is 0 Å². The van der Waals surface area contributed by atoms with Crippen LogP contribution >= 0.6 is 0 Å². The van der Waals surface area contributed by atoms with Gasteiger partial charge in [-0.25, -0.2) is 9.78 Å². The number of carbonyl (C=O) groups excluding carboxylic acids is 1. The van der Waals surface area contributed by atoms with Gasteiger partial charge < -0.3 is 39.3 Å². The minimum atomic E-state index is -5.31. The summed E-state index contributed by atoms with van der Waals surface area (Å²) in [6, 6.07) is 10.9. The van der Waals surface area contributed by atoms with Gasteiger partial charge in [-0.2, -0.15) is 23.1 Å². The fourth-order valence-electron chi connectivity index (χ4n) is 5.99. The average molecular weight is 675 g/mol. The van der Waals surface area contributed by atoms with Gasteiger partial charge in [0.25, 0.3) is 0 Å². The van der Waals surface area contributed by atoms with Crippen molar-refractivity contribution in [1.82, 2.24) is 29.6 Å². The zero-order valence-corrected chi connectivity index (χ0v) is 26.5. The molecule has 0 spiro atoms. The van der Waals surface area contributed by atoms with E-state index in [1.807, 2.05) is 49.3 Å². The van der Waals surface area contributed by atoms with Gasteiger partial charge in [0.1, 0.15) is 6.10 Å². The number of aryl methyl sites for hydroxylation is 1. The summed E-state index contributed by atoms with van der Waals surface area (Å²) < 4.78 is 57.4. The first-order valence-corrected chi connectivity index (χ1v) is 15.6. The van der Waals surface area contributed by atoms with Crippen molar-refractivity contribution < 1.29 is 42.2 Å². The van der Waals surface area contributed by atoms with Gasteiger partial charge in [-0.05, 0) is 38.9 Å². The van der Waals surface area contributed by atoms with Gasteiger partial charge in [0.2, 0.25) is 5.95 Å². The Bertz CT molecular complexity index is 1720. The number of nitrogens with one attached hydrogen (secondary N) is 1. The highest BCUT2D eigenvalue weighted by molar-refractivity contribution is 5.84. The van der Waals surface area contributed by atoms with Crippen LogP contribution in [0, 0.1) is 0 Å². The number of fused-ring (bicyclic) bond motifs is 1. The number of anilines is 2. The molecule has 17 heteroatoms.